The minimum Gasteiger partial charge on any atom is -0.457 e. The second-order valence-corrected chi connectivity index (χ2v) is 4.30. The van der Waals surface area contributed by atoms with Crippen molar-refractivity contribution in [2.45, 2.75) is 20.5 Å². The van der Waals surface area contributed by atoms with Crippen molar-refractivity contribution in [1.82, 2.24) is 0 Å². The van der Waals surface area contributed by atoms with Crippen molar-refractivity contribution < 1.29 is 14.2 Å². The lowest BCUT2D eigenvalue weighted by Gasteiger charge is -2.09. The van der Waals surface area contributed by atoms with Crippen LogP contribution in [-0.2, 0) is 6.61 Å². The molecule has 2 aromatic rings. The normalized spacial score (nSPS) is 10.4. The summed E-state index contributed by atoms with van der Waals surface area (Å²) in [5.41, 5.74) is 2.79. The third-order valence-electron chi connectivity index (χ3n) is 2.83. The van der Waals surface area contributed by atoms with Crippen LogP contribution in [0.4, 0.5) is 4.39 Å². The fourth-order valence-electron chi connectivity index (χ4n) is 1.68. The summed E-state index contributed by atoms with van der Waals surface area (Å²) >= 11 is 0. The van der Waals surface area contributed by atoms with Crippen molar-refractivity contribution in [3.05, 3.63) is 58.9 Å². The highest BCUT2D eigenvalue weighted by atomic mass is 19.1. The molecule has 2 aromatic carbocycles. The number of hydrogen-bond donors (Lipinski definition) is 1. The first-order valence-electron chi connectivity index (χ1n) is 5.74. The van der Waals surface area contributed by atoms with Crippen LogP contribution in [0.1, 0.15) is 16.7 Å². The molecule has 18 heavy (non-hydrogen) atoms. The second-order valence-electron chi connectivity index (χ2n) is 4.30. The van der Waals surface area contributed by atoms with Crippen molar-refractivity contribution in [3.8, 4) is 11.5 Å². The van der Waals surface area contributed by atoms with Crippen LogP contribution >= 0.6 is 0 Å². The van der Waals surface area contributed by atoms with Crippen LogP contribution in [-0.4, -0.2) is 5.11 Å². The van der Waals surface area contributed by atoms with E-state index in [0.29, 0.717) is 17.1 Å². The molecule has 0 radical (unpaired) electrons. The average molecular weight is 246 g/mol. The molecular formula is C15H15FO2. The van der Waals surface area contributed by atoms with Crippen molar-refractivity contribution >= 4 is 0 Å². The van der Waals surface area contributed by atoms with Crippen LogP contribution in [0.5, 0.6) is 11.5 Å². The molecule has 0 heterocycles. The van der Waals surface area contributed by atoms with Gasteiger partial charge in [0.25, 0.3) is 0 Å². The van der Waals surface area contributed by atoms with E-state index in [2.05, 4.69) is 0 Å². The Hall–Kier alpha value is -1.87. The van der Waals surface area contributed by atoms with E-state index in [1.165, 1.54) is 17.7 Å². The van der Waals surface area contributed by atoms with E-state index in [1.807, 2.05) is 32.0 Å². The summed E-state index contributed by atoms with van der Waals surface area (Å²) in [5, 5.41) is 9.01. The first kappa shape index (κ1) is 12.6. The molecule has 2 rings (SSSR count). The van der Waals surface area contributed by atoms with E-state index in [-0.39, 0.29) is 6.61 Å². The van der Waals surface area contributed by atoms with E-state index in [9.17, 15) is 4.39 Å². The van der Waals surface area contributed by atoms with Crippen LogP contribution in [0.25, 0.3) is 0 Å². The molecule has 0 spiro atoms. The Labute approximate surface area is 106 Å². The second kappa shape index (κ2) is 5.19. The minimum atomic E-state index is -0.416. The fraction of sp³-hybridized carbons (Fsp3) is 0.200. The molecule has 94 valence electrons. The maximum absolute atomic E-state index is 13.3. The Morgan fingerprint density at radius 2 is 1.78 bits per heavy atom. The maximum Gasteiger partial charge on any atom is 0.130 e. The van der Waals surface area contributed by atoms with E-state index in [1.54, 1.807) is 6.07 Å². The summed E-state index contributed by atoms with van der Waals surface area (Å²) < 4.78 is 18.9. The predicted molar refractivity (Wildman–Crippen MR) is 68.3 cm³/mol. The molecule has 3 heteroatoms. The van der Waals surface area contributed by atoms with Crippen molar-refractivity contribution in [3.63, 3.8) is 0 Å². The summed E-state index contributed by atoms with van der Waals surface area (Å²) in [6.45, 7) is 3.80. The van der Waals surface area contributed by atoms with Gasteiger partial charge in [-0.15, -0.1) is 0 Å². The molecule has 0 aliphatic heterocycles. The zero-order valence-corrected chi connectivity index (χ0v) is 10.4. The molecule has 0 saturated carbocycles. The molecule has 0 atom stereocenters. The molecule has 0 aliphatic rings. The number of aliphatic hydroxyl groups excluding tert-OH is 1. The van der Waals surface area contributed by atoms with Crippen LogP contribution < -0.4 is 4.74 Å². The Kier molecular flexibility index (Phi) is 3.63. The quantitative estimate of drug-likeness (QED) is 0.894. The van der Waals surface area contributed by atoms with E-state index >= 15 is 0 Å². The van der Waals surface area contributed by atoms with Crippen molar-refractivity contribution in [2.24, 2.45) is 0 Å². The van der Waals surface area contributed by atoms with Gasteiger partial charge in [0.2, 0.25) is 0 Å². The van der Waals surface area contributed by atoms with Gasteiger partial charge in [-0.1, -0.05) is 6.07 Å². The number of aryl methyl sites for hydroxylation is 2. The maximum atomic E-state index is 13.3. The summed E-state index contributed by atoms with van der Waals surface area (Å²) in [6.07, 6.45) is 0. The first-order valence-corrected chi connectivity index (χ1v) is 5.74. The molecule has 1 N–H and O–H groups in total. The standard InChI is InChI=1S/C15H15FO2/c1-10-3-4-14(5-11(10)2)18-15-7-12(9-17)6-13(16)8-15/h3-8,17H,9H2,1-2H3. The topological polar surface area (TPSA) is 29.5 Å². The van der Waals surface area contributed by atoms with Crippen molar-refractivity contribution in [2.75, 3.05) is 0 Å². The minimum absolute atomic E-state index is 0.207. The summed E-state index contributed by atoms with van der Waals surface area (Å²) in [7, 11) is 0. The van der Waals surface area contributed by atoms with Gasteiger partial charge in [0.05, 0.1) is 6.61 Å². The smallest absolute Gasteiger partial charge is 0.130 e. The molecule has 2 nitrogen and oxygen atoms in total. The molecule has 0 amide bonds. The Balaban J connectivity index is 2.27. The molecule has 0 unspecified atom stereocenters. The monoisotopic (exact) mass is 246 g/mol. The largest absolute Gasteiger partial charge is 0.457 e. The highest BCUT2D eigenvalue weighted by molar-refractivity contribution is 5.38. The predicted octanol–water partition coefficient (Wildman–Crippen LogP) is 3.73. The lowest BCUT2D eigenvalue weighted by atomic mass is 10.1. The van der Waals surface area contributed by atoms with Crippen LogP contribution in [0.15, 0.2) is 36.4 Å². The van der Waals surface area contributed by atoms with Gasteiger partial charge >= 0.3 is 0 Å². The van der Waals surface area contributed by atoms with Gasteiger partial charge in [-0.3, -0.25) is 0 Å². The third kappa shape index (κ3) is 2.87. The van der Waals surface area contributed by atoms with E-state index in [0.717, 1.165) is 5.56 Å². The highest BCUT2D eigenvalue weighted by Gasteiger charge is 2.03. The van der Waals surface area contributed by atoms with Crippen LogP contribution in [0, 0.1) is 19.7 Å². The summed E-state index contributed by atoms with van der Waals surface area (Å²) in [5.74, 6) is 0.635. The molecule has 0 aliphatic carbocycles. The van der Waals surface area contributed by atoms with Gasteiger partial charge in [0, 0.05) is 6.07 Å². The number of rotatable bonds is 3. The number of aliphatic hydroxyl groups is 1. The third-order valence-corrected chi connectivity index (χ3v) is 2.83. The summed E-state index contributed by atoms with van der Waals surface area (Å²) in [4.78, 5) is 0. The lowest BCUT2D eigenvalue weighted by molar-refractivity contribution is 0.280. The highest BCUT2D eigenvalue weighted by Crippen LogP contribution is 2.25. The Bertz CT molecular complexity index is 564. The van der Waals surface area contributed by atoms with Crippen LogP contribution in [0.3, 0.4) is 0 Å². The fourth-order valence-corrected chi connectivity index (χ4v) is 1.68. The molecule has 0 bridgehead atoms. The van der Waals surface area contributed by atoms with Crippen LogP contribution in [0.2, 0.25) is 0 Å². The van der Waals surface area contributed by atoms with Gasteiger partial charge in [-0.25, -0.2) is 4.39 Å². The average Bonchev–Trinajstić information content (AvgIpc) is 2.33. The van der Waals surface area contributed by atoms with Gasteiger partial charge < -0.3 is 9.84 Å². The van der Waals surface area contributed by atoms with Gasteiger partial charge in [0.1, 0.15) is 17.3 Å². The van der Waals surface area contributed by atoms with Gasteiger partial charge in [0.15, 0.2) is 0 Å². The van der Waals surface area contributed by atoms with Gasteiger partial charge in [-0.05, 0) is 54.8 Å². The van der Waals surface area contributed by atoms with E-state index in [4.69, 9.17) is 9.84 Å². The van der Waals surface area contributed by atoms with E-state index < -0.39 is 5.82 Å². The lowest BCUT2D eigenvalue weighted by Crippen LogP contribution is -1.91. The summed E-state index contributed by atoms with van der Waals surface area (Å²) in [6, 6.07) is 9.90. The zero-order valence-electron chi connectivity index (χ0n) is 10.4. The molecule has 0 saturated heterocycles. The first-order chi connectivity index (χ1) is 8.58. The molecule has 0 aromatic heterocycles. The molecular weight excluding hydrogens is 231 g/mol. The van der Waals surface area contributed by atoms with Gasteiger partial charge in [-0.2, -0.15) is 0 Å². The Morgan fingerprint density at radius 1 is 1.00 bits per heavy atom. The SMILES string of the molecule is Cc1ccc(Oc2cc(F)cc(CO)c2)cc1C. The number of hydrogen-bond acceptors (Lipinski definition) is 2. The Morgan fingerprint density at radius 3 is 2.44 bits per heavy atom. The van der Waals surface area contributed by atoms with Crippen molar-refractivity contribution in [1.29, 1.82) is 0 Å². The number of ether oxygens (including phenoxy) is 1. The zero-order chi connectivity index (χ0) is 13.1. The number of halogens is 1. The molecule has 0 fully saturated rings. The number of benzene rings is 2.